The van der Waals surface area contributed by atoms with E-state index in [4.69, 9.17) is 4.74 Å². The first kappa shape index (κ1) is 15.4. The number of unbranched alkanes of at least 4 members (excludes halogenated alkanes) is 4. The summed E-state index contributed by atoms with van der Waals surface area (Å²) in [6.45, 7) is 3.64. The second-order valence-corrected chi connectivity index (χ2v) is 4.37. The van der Waals surface area contributed by atoms with Crippen LogP contribution in [0.3, 0.4) is 0 Å². The molecule has 0 radical (unpaired) electrons. The Morgan fingerprint density at radius 2 is 2.00 bits per heavy atom. The third kappa shape index (κ3) is 11.5. The average molecular weight is 289 g/mol. The van der Waals surface area contributed by atoms with Crippen LogP contribution in [-0.4, -0.2) is 11.3 Å². The van der Waals surface area contributed by atoms with Crippen molar-refractivity contribution in [2.75, 3.05) is 5.33 Å². The summed E-state index contributed by atoms with van der Waals surface area (Å²) in [5.41, 5.74) is 0. The fourth-order valence-electron chi connectivity index (χ4n) is 1.17. The standard InChI is InChI=1S/C13H21BrO2/c1-2-3-4-5-9-12-16-13(15)10-7-6-8-11-14/h2,9,12H,1,3-8,10-11H2/b12-9+. The minimum atomic E-state index is -0.130. The number of esters is 1. The van der Waals surface area contributed by atoms with E-state index in [0.29, 0.717) is 6.42 Å². The van der Waals surface area contributed by atoms with Gasteiger partial charge >= 0.3 is 5.97 Å². The molecular weight excluding hydrogens is 268 g/mol. The molecule has 0 N–H and O–H groups in total. The van der Waals surface area contributed by atoms with Crippen molar-refractivity contribution < 1.29 is 9.53 Å². The third-order valence-electron chi connectivity index (χ3n) is 2.09. The molecular formula is C13H21BrO2. The van der Waals surface area contributed by atoms with Gasteiger partial charge in [0, 0.05) is 11.8 Å². The maximum Gasteiger partial charge on any atom is 0.310 e. The average Bonchev–Trinajstić information content (AvgIpc) is 2.29. The maximum atomic E-state index is 11.2. The van der Waals surface area contributed by atoms with Crippen LogP contribution in [0.25, 0.3) is 0 Å². The third-order valence-corrected chi connectivity index (χ3v) is 2.65. The lowest BCUT2D eigenvalue weighted by Gasteiger charge is -1.98. The smallest absolute Gasteiger partial charge is 0.310 e. The Morgan fingerprint density at radius 3 is 2.69 bits per heavy atom. The lowest BCUT2D eigenvalue weighted by molar-refractivity contribution is -0.138. The van der Waals surface area contributed by atoms with E-state index in [1.807, 2.05) is 12.2 Å². The van der Waals surface area contributed by atoms with Crippen LogP contribution < -0.4 is 0 Å². The minimum absolute atomic E-state index is 0.130. The first-order valence-electron chi connectivity index (χ1n) is 5.82. The minimum Gasteiger partial charge on any atom is -0.435 e. The summed E-state index contributed by atoms with van der Waals surface area (Å²) in [5, 5.41) is 1.01. The molecule has 0 rings (SSSR count). The molecule has 0 bridgehead atoms. The normalized spacial score (nSPS) is 10.6. The van der Waals surface area contributed by atoms with E-state index in [2.05, 4.69) is 22.5 Å². The molecule has 3 heteroatoms. The predicted molar refractivity (Wildman–Crippen MR) is 71.5 cm³/mol. The fourth-order valence-corrected chi connectivity index (χ4v) is 1.57. The van der Waals surface area contributed by atoms with Gasteiger partial charge < -0.3 is 4.74 Å². The second-order valence-electron chi connectivity index (χ2n) is 3.58. The van der Waals surface area contributed by atoms with Crippen LogP contribution in [0.4, 0.5) is 0 Å². The molecule has 0 aromatic carbocycles. The summed E-state index contributed by atoms with van der Waals surface area (Å²) in [6.07, 6.45) is 11.9. The van der Waals surface area contributed by atoms with Gasteiger partial charge in [-0.2, -0.15) is 0 Å². The molecule has 0 aromatic heterocycles. The van der Waals surface area contributed by atoms with E-state index in [0.717, 1.165) is 43.9 Å². The van der Waals surface area contributed by atoms with Crippen LogP contribution in [-0.2, 0) is 9.53 Å². The summed E-state index contributed by atoms with van der Waals surface area (Å²) >= 11 is 3.35. The molecule has 0 fully saturated rings. The molecule has 2 nitrogen and oxygen atoms in total. The molecule has 0 aliphatic heterocycles. The highest BCUT2D eigenvalue weighted by molar-refractivity contribution is 9.09. The van der Waals surface area contributed by atoms with Crippen molar-refractivity contribution in [2.24, 2.45) is 0 Å². The molecule has 0 aliphatic carbocycles. The van der Waals surface area contributed by atoms with Crippen molar-refractivity contribution in [3.63, 3.8) is 0 Å². The highest BCUT2D eigenvalue weighted by Crippen LogP contribution is 2.03. The number of allylic oxidation sites excluding steroid dienone is 2. The molecule has 0 spiro atoms. The summed E-state index contributed by atoms with van der Waals surface area (Å²) in [5.74, 6) is -0.130. The Labute approximate surface area is 107 Å². The van der Waals surface area contributed by atoms with Crippen LogP contribution in [0.15, 0.2) is 25.0 Å². The Kier molecular flexibility index (Phi) is 12.1. The number of alkyl halides is 1. The van der Waals surface area contributed by atoms with Crippen LogP contribution >= 0.6 is 15.9 Å². The summed E-state index contributed by atoms with van der Waals surface area (Å²) < 4.78 is 4.95. The van der Waals surface area contributed by atoms with Gasteiger partial charge in [-0.25, -0.2) is 0 Å². The molecule has 0 aromatic rings. The molecule has 0 saturated carbocycles. The Balaban J connectivity index is 3.31. The van der Waals surface area contributed by atoms with Crippen molar-refractivity contribution >= 4 is 21.9 Å². The molecule has 0 saturated heterocycles. The summed E-state index contributed by atoms with van der Waals surface area (Å²) in [6, 6.07) is 0. The number of carbonyl (C=O) groups is 1. The number of rotatable bonds is 10. The van der Waals surface area contributed by atoms with Gasteiger partial charge in [0.05, 0.1) is 6.26 Å². The van der Waals surface area contributed by atoms with Gasteiger partial charge in [0.15, 0.2) is 0 Å². The molecule has 0 amide bonds. The van der Waals surface area contributed by atoms with Gasteiger partial charge in [0.25, 0.3) is 0 Å². The van der Waals surface area contributed by atoms with Gasteiger partial charge in [-0.15, -0.1) is 6.58 Å². The number of halogens is 1. The summed E-state index contributed by atoms with van der Waals surface area (Å²) in [7, 11) is 0. The SMILES string of the molecule is C=CCCC/C=C/OC(=O)CCCCCBr. The van der Waals surface area contributed by atoms with Crippen LogP contribution in [0.2, 0.25) is 0 Å². The van der Waals surface area contributed by atoms with Crippen LogP contribution in [0.1, 0.15) is 44.9 Å². The van der Waals surface area contributed by atoms with Gasteiger partial charge in [-0.3, -0.25) is 4.79 Å². The first-order valence-corrected chi connectivity index (χ1v) is 6.94. The summed E-state index contributed by atoms with van der Waals surface area (Å²) in [4.78, 5) is 11.2. The van der Waals surface area contributed by atoms with E-state index in [9.17, 15) is 4.79 Å². The highest BCUT2D eigenvalue weighted by atomic mass is 79.9. The highest BCUT2D eigenvalue weighted by Gasteiger charge is 1.99. The molecule has 0 unspecified atom stereocenters. The van der Waals surface area contributed by atoms with Gasteiger partial charge in [0.1, 0.15) is 0 Å². The van der Waals surface area contributed by atoms with Crippen LogP contribution in [0.5, 0.6) is 0 Å². The number of ether oxygens (including phenoxy) is 1. The van der Waals surface area contributed by atoms with E-state index < -0.39 is 0 Å². The lowest BCUT2D eigenvalue weighted by atomic mass is 10.2. The van der Waals surface area contributed by atoms with Gasteiger partial charge in [-0.05, 0) is 38.2 Å². The second kappa shape index (κ2) is 12.5. The largest absolute Gasteiger partial charge is 0.435 e. The van der Waals surface area contributed by atoms with Crippen LogP contribution in [0, 0.1) is 0 Å². The van der Waals surface area contributed by atoms with Crippen molar-refractivity contribution in [2.45, 2.75) is 44.9 Å². The first-order chi connectivity index (χ1) is 7.81. The van der Waals surface area contributed by atoms with E-state index in [1.165, 1.54) is 6.26 Å². The van der Waals surface area contributed by atoms with Gasteiger partial charge in [-0.1, -0.05) is 28.4 Å². The van der Waals surface area contributed by atoms with E-state index >= 15 is 0 Å². The maximum absolute atomic E-state index is 11.2. The monoisotopic (exact) mass is 288 g/mol. The number of hydrogen-bond acceptors (Lipinski definition) is 2. The zero-order valence-electron chi connectivity index (χ0n) is 9.79. The van der Waals surface area contributed by atoms with Crippen molar-refractivity contribution in [3.05, 3.63) is 25.0 Å². The van der Waals surface area contributed by atoms with Crippen molar-refractivity contribution in [3.8, 4) is 0 Å². The van der Waals surface area contributed by atoms with Gasteiger partial charge in [0.2, 0.25) is 0 Å². The molecule has 0 atom stereocenters. The molecule has 92 valence electrons. The molecule has 0 heterocycles. The lowest BCUT2D eigenvalue weighted by Crippen LogP contribution is -1.98. The molecule has 0 aliphatic rings. The Morgan fingerprint density at radius 1 is 1.19 bits per heavy atom. The van der Waals surface area contributed by atoms with E-state index in [-0.39, 0.29) is 5.97 Å². The number of hydrogen-bond donors (Lipinski definition) is 0. The van der Waals surface area contributed by atoms with Crippen molar-refractivity contribution in [1.82, 2.24) is 0 Å². The number of carbonyl (C=O) groups excluding carboxylic acids is 1. The quantitative estimate of drug-likeness (QED) is 0.196. The zero-order valence-corrected chi connectivity index (χ0v) is 11.4. The fraction of sp³-hybridized carbons (Fsp3) is 0.615. The van der Waals surface area contributed by atoms with Crippen molar-refractivity contribution in [1.29, 1.82) is 0 Å². The predicted octanol–water partition coefficient (Wildman–Crippen LogP) is 4.35. The Bertz CT molecular complexity index is 212. The topological polar surface area (TPSA) is 26.3 Å². The molecule has 16 heavy (non-hydrogen) atoms. The zero-order chi connectivity index (χ0) is 12.1. The Hall–Kier alpha value is -0.570. The van der Waals surface area contributed by atoms with E-state index in [1.54, 1.807) is 0 Å².